The Hall–Kier alpha value is -1.06. The molecule has 4 heteroatoms. The lowest BCUT2D eigenvalue weighted by atomic mass is 9.59. The van der Waals surface area contributed by atoms with Gasteiger partial charge in [0.15, 0.2) is 0 Å². The third kappa shape index (κ3) is 1.94. The van der Waals surface area contributed by atoms with Gasteiger partial charge in [-0.3, -0.25) is 4.79 Å². The van der Waals surface area contributed by atoms with Crippen molar-refractivity contribution in [2.24, 2.45) is 11.1 Å². The fraction of sp³-hybridized carbons (Fsp3) is 0.462. The average molecular weight is 254 g/mol. The van der Waals surface area contributed by atoms with Crippen molar-refractivity contribution in [3.63, 3.8) is 0 Å². The molecule has 1 atom stereocenters. The molecule has 92 valence electrons. The number of carbonyl (C=O) groups is 1. The van der Waals surface area contributed by atoms with E-state index in [4.69, 9.17) is 17.3 Å². The van der Waals surface area contributed by atoms with Gasteiger partial charge >= 0.3 is 5.97 Å². The van der Waals surface area contributed by atoms with Crippen molar-refractivity contribution in [1.29, 1.82) is 0 Å². The molecule has 2 rings (SSSR count). The van der Waals surface area contributed by atoms with Gasteiger partial charge in [-0.05, 0) is 24.5 Å². The normalized spacial score (nSPS) is 19.4. The standard InChI is InChI=1S/C13H16ClNO2/c14-11-5-2-1-4-9(11)10(8-15)13(12(16)17)6-3-7-13/h1-2,4-5,10H,3,6-8,15H2,(H,16,17)/t10-/m1/s1. The first kappa shape index (κ1) is 12.4. The molecule has 0 aliphatic heterocycles. The van der Waals surface area contributed by atoms with Gasteiger partial charge in [-0.2, -0.15) is 0 Å². The number of halogens is 1. The highest BCUT2D eigenvalue weighted by Crippen LogP contribution is 2.52. The maximum atomic E-state index is 11.5. The van der Waals surface area contributed by atoms with Crippen LogP contribution in [-0.2, 0) is 4.79 Å². The number of rotatable bonds is 4. The van der Waals surface area contributed by atoms with Crippen molar-refractivity contribution in [3.8, 4) is 0 Å². The molecule has 1 aliphatic carbocycles. The van der Waals surface area contributed by atoms with Gasteiger partial charge in [0.25, 0.3) is 0 Å². The number of hydrogen-bond donors (Lipinski definition) is 2. The predicted octanol–water partition coefficient (Wildman–Crippen LogP) is 2.64. The largest absolute Gasteiger partial charge is 0.481 e. The van der Waals surface area contributed by atoms with E-state index >= 15 is 0 Å². The van der Waals surface area contributed by atoms with Crippen molar-refractivity contribution in [2.45, 2.75) is 25.2 Å². The summed E-state index contributed by atoms with van der Waals surface area (Å²) in [5.74, 6) is -0.943. The third-order valence-electron chi connectivity index (χ3n) is 3.86. The molecule has 1 aromatic rings. The SMILES string of the molecule is NC[C@H](c1ccccc1Cl)C1(C(=O)O)CCC1. The Balaban J connectivity index is 2.40. The summed E-state index contributed by atoms with van der Waals surface area (Å²) >= 11 is 6.14. The molecule has 3 nitrogen and oxygen atoms in total. The lowest BCUT2D eigenvalue weighted by Crippen LogP contribution is -2.46. The van der Waals surface area contributed by atoms with Crippen LogP contribution in [0.3, 0.4) is 0 Å². The zero-order chi connectivity index (χ0) is 12.5. The van der Waals surface area contributed by atoms with E-state index in [1.165, 1.54) is 0 Å². The first-order valence-corrected chi connectivity index (χ1v) is 6.17. The summed E-state index contributed by atoms with van der Waals surface area (Å²) in [6, 6.07) is 7.38. The first-order valence-electron chi connectivity index (χ1n) is 5.80. The van der Waals surface area contributed by atoms with Crippen LogP contribution in [0.1, 0.15) is 30.7 Å². The molecule has 0 unspecified atom stereocenters. The molecular weight excluding hydrogens is 238 g/mol. The van der Waals surface area contributed by atoms with Crippen LogP contribution in [0.2, 0.25) is 5.02 Å². The van der Waals surface area contributed by atoms with Gasteiger partial charge in [0, 0.05) is 17.5 Å². The fourth-order valence-electron chi connectivity index (χ4n) is 2.68. The number of aliphatic carboxylic acids is 1. The lowest BCUT2D eigenvalue weighted by molar-refractivity contribution is -0.156. The van der Waals surface area contributed by atoms with E-state index in [9.17, 15) is 9.90 Å². The minimum absolute atomic E-state index is 0.192. The number of carboxylic acid groups (broad SMARTS) is 1. The summed E-state index contributed by atoms with van der Waals surface area (Å²) in [5, 5.41) is 10.0. The highest BCUT2D eigenvalue weighted by molar-refractivity contribution is 6.31. The van der Waals surface area contributed by atoms with Crippen LogP contribution in [0.4, 0.5) is 0 Å². The second kappa shape index (κ2) is 4.67. The van der Waals surface area contributed by atoms with Gasteiger partial charge in [-0.1, -0.05) is 36.2 Å². The Morgan fingerprint density at radius 3 is 2.53 bits per heavy atom. The molecule has 17 heavy (non-hydrogen) atoms. The van der Waals surface area contributed by atoms with Gasteiger partial charge < -0.3 is 10.8 Å². The Morgan fingerprint density at radius 2 is 2.12 bits per heavy atom. The zero-order valence-corrected chi connectivity index (χ0v) is 10.3. The van der Waals surface area contributed by atoms with E-state index in [0.717, 1.165) is 12.0 Å². The summed E-state index contributed by atoms with van der Waals surface area (Å²) < 4.78 is 0. The van der Waals surface area contributed by atoms with Crippen LogP contribution >= 0.6 is 11.6 Å². The van der Waals surface area contributed by atoms with Gasteiger partial charge in [0.05, 0.1) is 5.41 Å². The van der Waals surface area contributed by atoms with Crippen molar-refractivity contribution in [2.75, 3.05) is 6.54 Å². The molecule has 0 bridgehead atoms. The van der Waals surface area contributed by atoms with Crippen LogP contribution in [0.25, 0.3) is 0 Å². The fourth-order valence-corrected chi connectivity index (χ4v) is 2.94. The van der Waals surface area contributed by atoms with Gasteiger partial charge in [-0.15, -0.1) is 0 Å². The number of benzene rings is 1. The van der Waals surface area contributed by atoms with E-state index in [1.807, 2.05) is 18.2 Å². The van der Waals surface area contributed by atoms with Crippen LogP contribution in [-0.4, -0.2) is 17.6 Å². The van der Waals surface area contributed by atoms with Crippen molar-refractivity contribution in [1.82, 2.24) is 0 Å². The van der Waals surface area contributed by atoms with Crippen molar-refractivity contribution < 1.29 is 9.90 Å². The molecule has 0 radical (unpaired) electrons. The maximum absolute atomic E-state index is 11.5. The molecule has 0 amide bonds. The molecule has 3 N–H and O–H groups in total. The van der Waals surface area contributed by atoms with Gasteiger partial charge in [0.1, 0.15) is 0 Å². The molecule has 0 spiro atoms. The van der Waals surface area contributed by atoms with Crippen molar-refractivity contribution >= 4 is 17.6 Å². The Morgan fingerprint density at radius 1 is 1.47 bits per heavy atom. The van der Waals surface area contributed by atoms with E-state index in [-0.39, 0.29) is 5.92 Å². The molecule has 0 heterocycles. The molecule has 0 aromatic heterocycles. The van der Waals surface area contributed by atoms with Gasteiger partial charge in [-0.25, -0.2) is 0 Å². The summed E-state index contributed by atoms with van der Waals surface area (Å²) in [5.41, 5.74) is 5.94. The first-order chi connectivity index (χ1) is 8.12. The van der Waals surface area contributed by atoms with Crippen molar-refractivity contribution in [3.05, 3.63) is 34.9 Å². The maximum Gasteiger partial charge on any atom is 0.310 e. The Labute approximate surface area is 106 Å². The van der Waals surface area contributed by atoms with Crippen LogP contribution in [0.5, 0.6) is 0 Å². The monoisotopic (exact) mass is 253 g/mol. The Kier molecular flexibility index (Phi) is 3.40. The summed E-state index contributed by atoms with van der Waals surface area (Å²) in [7, 11) is 0. The lowest BCUT2D eigenvalue weighted by Gasteiger charge is -2.44. The molecule has 1 fully saturated rings. The number of nitrogens with two attached hydrogens (primary N) is 1. The smallest absolute Gasteiger partial charge is 0.310 e. The van der Waals surface area contributed by atoms with E-state index < -0.39 is 11.4 Å². The molecule has 1 aromatic carbocycles. The minimum atomic E-state index is -0.751. The second-order valence-electron chi connectivity index (χ2n) is 4.62. The third-order valence-corrected chi connectivity index (χ3v) is 4.20. The summed E-state index contributed by atoms with van der Waals surface area (Å²) in [6.45, 7) is 0.316. The molecule has 0 saturated heterocycles. The predicted molar refractivity (Wildman–Crippen MR) is 67.2 cm³/mol. The molecular formula is C13H16ClNO2. The number of carboxylic acids is 1. The highest BCUT2D eigenvalue weighted by Gasteiger charge is 2.50. The van der Waals surface area contributed by atoms with E-state index in [0.29, 0.717) is 24.4 Å². The quantitative estimate of drug-likeness (QED) is 0.867. The topological polar surface area (TPSA) is 63.3 Å². The average Bonchev–Trinajstić information content (AvgIpc) is 2.24. The van der Waals surface area contributed by atoms with E-state index in [1.54, 1.807) is 6.07 Å². The van der Waals surface area contributed by atoms with Crippen LogP contribution < -0.4 is 5.73 Å². The zero-order valence-electron chi connectivity index (χ0n) is 9.53. The minimum Gasteiger partial charge on any atom is -0.481 e. The van der Waals surface area contributed by atoms with Crippen LogP contribution in [0, 0.1) is 5.41 Å². The van der Waals surface area contributed by atoms with E-state index in [2.05, 4.69) is 0 Å². The molecule has 1 saturated carbocycles. The summed E-state index contributed by atoms with van der Waals surface area (Å²) in [4.78, 5) is 11.5. The van der Waals surface area contributed by atoms with Crippen LogP contribution in [0.15, 0.2) is 24.3 Å². The second-order valence-corrected chi connectivity index (χ2v) is 5.03. The number of hydrogen-bond acceptors (Lipinski definition) is 2. The molecule has 1 aliphatic rings. The Bertz CT molecular complexity index is 429. The van der Waals surface area contributed by atoms with Gasteiger partial charge in [0.2, 0.25) is 0 Å². The summed E-state index contributed by atoms with van der Waals surface area (Å²) in [6.07, 6.45) is 2.33. The highest BCUT2D eigenvalue weighted by atomic mass is 35.5.